The van der Waals surface area contributed by atoms with Gasteiger partial charge in [0.2, 0.25) is 11.8 Å². The van der Waals surface area contributed by atoms with Gasteiger partial charge in [-0.2, -0.15) is 0 Å². The number of rotatable bonds is 6. The molecule has 0 unspecified atom stereocenters. The zero-order valence-electron chi connectivity index (χ0n) is 13.3. The number of amides is 2. The molecular formula is C18H20N2O3. The third-order valence-corrected chi connectivity index (χ3v) is 3.21. The number of hydrogen-bond donors (Lipinski definition) is 1. The predicted molar refractivity (Wildman–Crippen MR) is 90.7 cm³/mol. The second kappa shape index (κ2) is 7.98. The summed E-state index contributed by atoms with van der Waals surface area (Å²) in [6, 6.07) is 16.3. The summed E-state index contributed by atoms with van der Waals surface area (Å²) in [7, 11) is 0. The molecule has 0 spiro atoms. The molecule has 0 aliphatic rings. The van der Waals surface area contributed by atoms with Crippen LogP contribution >= 0.6 is 0 Å². The van der Waals surface area contributed by atoms with Crippen molar-refractivity contribution in [2.45, 2.75) is 13.8 Å². The van der Waals surface area contributed by atoms with Crippen LogP contribution in [0.5, 0.6) is 5.75 Å². The average molecular weight is 312 g/mol. The number of nitrogens with one attached hydrogen (secondary N) is 1. The van der Waals surface area contributed by atoms with Crippen LogP contribution in [-0.2, 0) is 9.59 Å². The first-order valence-corrected chi connectivity index (χ1v) is 7.46. The zero-order valence-corrected chi connectivity index (χ0v) is 13.3. The minimum atomic E-state index is -0.281. The number of anilines is 2. The van der Waals surface area contributed by atoms with Crippen LogP contribution in [0.4, 0.5) is 11.4 Å². The van der Waals surface area contributed by atoms with Gasteiger partial charge in [0, 0.05) is 12.6 Å². The van der Waals surface area contributed by atoms with Gasteiger partial charge < -0.3 is 15.0 Å². The van der Waals surface area contributed by atoms with E-state index in [0.717, 1.165) is 0 Å². The maximum atomic E-state index is 12.3. The van der Waals surface area contributed by atoms with E-state index in [1.807, 2.05) is 37.3 Å². The molecule has 1 N–H and O–H groups in total. The normalized spacial score (nSPS) is 10.0. The molecule has 0 aliphatic carbocycles. The van der Waals surface area contributed by atoms with Gasteiger partial charge in [-0.1, -0.05) is 30.3 Å². The molecule has 2 rings (SSSR count). The summed E-state index contributed by atoms with van der Waals surface area (Å²) in [5.74, 6) is 0.137. The summed E-state index contributed by atoms with van der Waals surface area (Å²) >= 11 is 0. The SMILES string of the molecule is CCOc1ccccc1NC(=O)CN(C(C)=O)c1ccccc1. The highest BCUT2D eigenvalue weighted by molar-refractivity contribution is 6.02. The highest BCUT2D eigenvalue weighted by atomic mass is 16.5. The van der Waals surface area contributed by atoms with E-state index in [-0.39, 0.29) is 18.4 Å². The number of carbonyl (C=O) groups is 2. The summed E-state index contributed by atoms with van der Waals surface area (Å²) in [6.45, 7) is 3.77. The van der Waals surface area contributed by atoms with Crippen molar-refractivity contribution in [3.8, 4) is 5.75 Å². The van der Waals surface area contributed by atoms with Crippen LogP contribution in [0.1, 0.15) is 13.8 Å². The summed E-state index contributed by atoms with van der Waals surface area (Å²) in [6.07, 6.45) is 0. The molecule has 120 valence electrons. The van der Waals surface area contributed by atoms with Gasteiger partial charge in [-0.15, -0.1) is 0 Å². The van der Waals surface area contributed by atoms with Crippen LogP contribution in [0.2, 0.25) is 0 Å². The Morgan fingerprint density at radius 3 is 2.35 bits per heavy atom. The number of ether oxygens (including phenoxy) is 1. The third kappa shape index (κ3) is 4.57. The second-order valence-electron chi connectivity index (χ2n) is 4.92. The molecule has 0 fully saturated rings. The van der Waals surface area contributed by atoms with E-state index in [9.17, 15) is 9.59 Å². The Morgan fingerprint density at radius 1 is 1.04 bits per heavy atom. The summed E-state index contributed by atoms with van der Waals surface area (Å²) in [4.78, 5) is 25.5. The molecule has 2 amide bonds. The molecule has 0 saturated carbocycles. The van der Waals surface area contributed by atoms with Crippen LogP contribution in [0.3, 0.4) is 0 Å². The molecule has 0 bridgehead atoms. The van der Waals surface area contributed by atoms with Crippen molar-refractivity contribution >= 4 is 23.2 Å². The quantitative estimate of drug-likeness (QED) is 0.892. The molecule has 23 heavy (non-hydrogen) atoms. The lowest BCUT2D eigenvalue weighted by Gasteiger charge is -2.21. The monoisotopic (exact) mass is 312 g/mol. The summed E-state index contributed by atoms with van der Waals surface area (Å²) < 4.78 is 5.48. The van der Waals surface area contributed by atoms with Crippen molar-refractivity contribution in [1.82, 2.24) is 0 Å². The van der Waals surface area contributed by atoms with Crippen LogP contribution in [0, 0.1) is 0 Å². The minimum absolute atomic E-state index is 0.0557. The fourth-order valence-corrected chi connectivity index (χ4v) is 2.18. The summed E-state index contributed by atoms with van der Waals surface area (Å²) in [5, 5.41) is 2.79. The van der Waals surface area contributed by atoms with E-state index in [2.05, 4.69) is 5.32 Å². The van der Waals surface area contributed by atoms with E-state index >= 15 is 0 Å². The molecule has 0 radical (unpaired) electrons. The topological polar surface area (TPSA) is 58.6 Å². The highest BCUT2D eigenvalue weighted by Gasteiger charge is 2.16. The molecule has 5 nitrogen and oxygen atoms in total. The lowest BCUT2D eigenvalue weighted by molar-refractivity contribution is -0.120. The molecular weight excluding hydrogens is 292 g/mol. The lowest BCUT2D eigenvalue weighted by atomic mass is 10.2. The Kier molecular flexibility index (Phi) is 5.74. The maximum absolute atomic E-state index is 12.3. The number of para-hydroxylation sites is 3. The lowest BCUT2D eigenvalue weighted by Crippen LogP contribution is -2.36. The van der Waals surface area contributed by atoms with Gasteiger partial charge in [0.1, 0.15) is 12.3 Å². The van der Waals surface area contributed by atoms with E-state index in [4.69, 9.17) is 4.74 Å². The fraction of sp³-hybridized carbons (Fsp3) is 0.222. The van der Waals surface area contributed by atoms with Crippen LogP contribution < -0.4 is 15.0 Å². The van der Waals surface area contributed by atoms with Crippen molar-refractivity contribution in [1.29, 1.82) is 0 Å². The van der Waals surface area contributed by atoms with Gasteiger partial charge in [-0.3, -0.25) is 9.59 Å². The minimum Gasteiger partial charge on any atom is -0.492 e. The van der Waals surface area contributed by atoms with E-state index < -0.39 is 0 Å². The standard InChI is InChI=1S/C18H20N2O3/c1-3-23-17-12-8-7-11-16(17)19-18(22)13-20(14(2)21)15-9-5-4-6-10-15/h4-12H,3,13H2,1-2H3,(H,19,22). The fourth-order valence-electron chi connectivity index (χ4n) is 2.18. The predicted octanol–water partition coefficient (Wildman–Crippen LogP) is 3.08. The van der Waals surface area contributed by atoms with Crippen molar-refractivity contribution in [3.05, 3.63) is 54.6 Å². The first-order valence-electron chi connectivity index (χ1n) is 7.46. The molecule has 5 heteroatoms. The first kappa shape index (κ1) is 16.5. The van der Waals surface area contributed by atoms with Gasteiger partial charge >= 0.3 is 0 Å². The van der Waals surface area contributed by atoms with Crippen LogP contribution in [-0.4, -0.2) is 25.0 Å². The third-order valence-electron chi connectivity index (χ3n) is 3.21. The largest absolute Gasteiger partial charge is 0.492 e. The number of carbonyl (C=O) groups excluding carboxylic acids is 2. The Bertz CT molecular complexity index is 671. The Labute approximate surface area is 135 Å². The Morgan fingerprint density at radius 2 is 1.70 bits per heavy atom. The molecule has 2 aromatic carbocycles. The van der Waals surface area contributed by atoms with Gasteiger partial charge in [0.15, 0.2) is 0 Å². The highest BCUT2D eigenvalue weighted by Crippen LogP contribution is 2.23. The average Bonchev–Trinajstić information content (AvgIpc) is 2.55. The van der Waals surface area contributed by atoms with Crippen molar-refractivity contribution in [3.63, 3.8) is 0 Å². The van der Waals surface area contributed by atoms with Gasteiger partial charge in [-0.05, 0) is 31.2 Å². The van der Waals surface area contributed by atoms with E-state index in [1.165, 1.54) is 11.8 Å². The Balaban J connectivity index is 2.10. The zero-order chi connectivity index (χ0) is 16.7. The summed E-state index contributed by atoms with van der Waals surface area (Å²) in [5.41, 5.74) is 1.28. The molecule has 0 heterocycles. The molecule has 0 atom stereocenters. The number of nitrogens with zero attached hydrogens (tertiary/aromatic N) is 1. The molecule has 0 aromatic heterocycles. The van der Waals surface area contributed by atoms with Crippen LogP contribution in [0.15, 0.2) is 54.6 Å². The Hall–Kier alpha value is -2.82. The molecule has 2 aromatic rings. The maximum Gasteiger partial charge on any atom is 0.244 e. The first-order chi connectivity index (χ1) is 11.1. The molecule has 0 aliphatic heterocycles. The second-order valence-corrected chi connectivity index (χ2v) is 4.92. The van der Waals surface area contributed by atoms with Gasteiger partial charge in [0.25, 0.3) is 0 Å². The van der Waals surface area contributed by atoms with Crippen LogP contribution in [0.25, 0.3) is 0 Å². The number of hydrogen-bond acceptors (Lipinski definition) is 3. The van der Waals surface area contributed by atoms with Gasteiger partial charge in [-0.25, -0.2) is 0 Å². The smallest absolute Gasteiger partial charge is 0.244 e. The van der Waals surface area contributed by atoms with E-state index in [0.29, 0.717) is 23.7 Å². The van der Waals surface area contributed by atoms with Gasteiger partial charge in [0.05, 0.1) is 12.3 Å². The van der Waals surface area contributed by atoms with Crippen molar-refractivity contribution < 1.29 is 14.3 Å². The molecule has 0 saturated heterocycles. The van der Waals surface area contributed by atoms with Crippen molar-refractivity contribution in [2.24, 2.45) is 0 Å². The number of benzene rings is 2. The van der Waals surface area contributed by atoms with Crippen molar-refractivity contribution in [2.75, 3.05) is 23.4 Å². The van der Waals surface area contributed by atoms with E-state index in [1.54, 1.807) is 24.3 Å².